The van der Waals surface area contributed by atoms with Crippen LogP contribution in [0.1, 0.15) is 37.9 Å². The first-order valence-electron chi connectivity index (χ1n) is 7.96. The molecule has 1 unspecified atom stereocenters. The number of methoxy groups -OCH3 is 1. The van der Waals surface area contributed by atoms with Crippen LogP contribution in [0.2, 0.25) is 0 Å². The van der Waals surface area contributed by atoms with Crippen LogP contribution < -0.4 is 10.1 Å². The third-order valence-corrected chi connectivity index (χ3v) is 3.82. The van der Waals surface area contributed by atoms with Crippen molar-refractivity contribution in [3.05, 3.63) is 59.9 Å². The number of nitrogens with one attached hydrogen (secondary N) is 1. The van der Waals surface area contributed by atoms with Gasteiger partial charge < -0.3 is 14.8 Å². The fraction of sp³-hybridized carbons (Fsp3) is 0.368. The van der Waals surface area contributed by atoms with Crippen LogP contribution in [0, 0.1) is 0 Å². The fourth-order valence-electron chi connectivity index (χ4n) is 2.44. The third kappa shape index (κ3) is 4.32. The van der Waals surface area contributed by atoms with Crippen LogP contribution in [-0.4, -0.2) is 30.2 Å². The number of nitrogens with zero attached hydrogens (tertiary/aromatic N) is 1. The van der Waals surface area contributed by atoms with Crippen LogP contribution in [0.3, 0.4) is 0 Å². The van der Waals surface area contributed by atoms with Crippen molar-refractivity contribution >= 4 is 5.91 Å². The Kier molecular flexibility index (Phi) is 5.93. The zero-order valence-corrected chi connectivity index (χ0v) is 14.6. The van der Waals surface area contributed by atoms with E-state index in [4.69, 9.17) is 9.47 Å². The van der Waals surface area contributed by atoms with Crippen LogP contribution in [0.15, 0.2) is 48.8 Å². The number of ether oxygens (including phenoxy) is 2. The average molecular weight is 328 g/mol. The number of rotatable bonds is 7. The molecule has 0 spiro atoms. The predicted molar refractivity (Wildman–Crippen MR) is 92.9 cm³/mol. The summed E-state index contributed by atoms with van der Waals surface area (Å²) in [5.41, 5.74) is 1.02. The van der Waals surface area contributed by atoms with E-state index < -0.39 is 5.60 Å². The van der Waals surface area contributed by atoms with Gasteiger partial charge in [-0.15, -0.1) is 0 Å². The van der Waals surface area contributed by atoms with Gasteiger partial charge in [0.15, 0.2) is 0 Å². The van der Waals surface area contributed by atoms with E-state index in [0.29, 0.717) is 6.61 Å². The lowest BCUT2D eigenvalue weighted by molar-refractivity contribution is -0.142. The second kappa shape index (κ2) is 7.93. The molecule has 128 valence electrons. The molecule has 24 heavy (non-hydrogen) atoms. The summed E-state index contributed by atoms with van der Waals surface area (Å²) in [6.45, 7) is 5.88. The summed E-state index contributed by atoms with van der Waals surface area (Å²) in [6, 6.07) is 11.1. The molecule has 2 aromatic rings. The molecule has 0 aliphatic rings. The van der Waals surface area contributed by atoms with Gasteiger partial charge in [0.25, 0.3) is 5.91 Å². The van der Waals surface area contributed by atoms with Gasteiger partial charge in [-0.3, -0.25) is 9.78 Å². The van der Waals surface area contributed by atoms with E-state index >= 15 is 0 Å². The molecule has 0 fully saturated rings. The summed E-state index contributed by atoms with van der Waals surface area (Å²) in [4.78, 5) is 16.7. The molecule has 0 saturated carbocycles. The number of amides is 1. The van der Waals surface area contributed by atoms with Crippen molar-refractivity contribution in [2.45, 2.75) is 32.4 Å². The molecule has 0 bridgehead atoms. The van der Waals surface area contributed by atoms with Crippen LogP contribution in [-0.2, 0) is 9.53 Å². The fourth-order valence-corrected chi connectivity index (χ4v) is 2.44. The van der Waals surface area contributed by atoms with E-state index in [-0.39, 0.29) is 11.9 Å². The second-order valence-corrected chi connectivity index (χ2v) is 5.90. The highest BCUT2D eigenvalue weighted by molar-refractivity contribution is 5.85. The zero-order valence-electron chi connectivity index (χ0n) is 14.6. The van der Waals surface area contributed by atoms with E-state index in [1.807, 2.05) is 43.3 Å². The van der Waals surface area contributed by atoms with Gasteiger partial charge in [0.1, 0.15) is 11.4 Å². The number of benzene rings is 1. The standard InChI is InChI=1S/C19H24N2O3/c1-5-24-19(2,3)18(22)21-17(15-10-12-20-13-11-15)14-6-8-16(23-4)9-7-14/h6-13,17H,5H2,1-4H3,(H,21,22). The van der Waals surface area contributed by atoms with Crippen LogP contribution in [0.5, 0.6) is 5.75 Å². The Bertz CT molecular complexity index is 654. The molecule has 0 aliphatic carbocycles. The van der Waals surface area contributed by atoms with Gasteiger partial charge in [0, 0.05) is 19.0 Å². The van der Waals surface area contributed by atoms with E-state index in [1.54, 1.807) is 33.4 Å². The maximum Gasteiger partial charge on any atom is 0.252 e. The van der Waals surface area contributed by atoms with Gasteiger partial charge in [-0.1, -0.05) is 12.1 Å². The number of pyridine rings is 1. The molecule has 1 N–H and O–H groups in total. The van der Waals surface area contributed by atoms with Crippen molar-refractivity contribution < 1.29 is 14.3 Å². The molecule has 5 heteroatoms. The molecule has 2 rings (SSSR count). The van der Waals surface area contributed by atoms with Gasteiger partial charge in [0.2, 0.25) is 0 Å². The quantitative estimate of drug-likeness (QED) is 0.848. The number of hydrogen-bond donors (Lipinski definition) is 1. The highest BCUT2D eigenvalue weighted by Crippen LogP contribution is 2.25. The van der Waals surface area contributed by atoms with Gasteiger partial charge in [-0.2, -0.15) is 0 Å². The summed E-state index contributed by atoms with van der Waals surface area (Å²) in [5.74, 6) is 0.607. The minimum atomic E-state index is -0.896. The molecule has 1 aromatic heterocycles. The number of hydrogen-bond acceptors (Lipinski definition) is 4. The number of carbonyl (C=O) groups excluding carboxylic acids is 1. The topological polar surface area (TPSA) is 60.5 Å². The van der Waals surface area contributed by atoms with Crippen molar-refractivity contribution in [3.8, 4) is 5.75 Å². The molecular formula is C19H24N2O3. The van der Waals surface area contributed by atoms with Gasteiger partial charge >= 0.3 is 0 Å². The Hall–Kier alpha value is -2.40. The first-order valence-corrected chi connectivity index (χ1v) is 7.96. The molecule has 1 heterocycles. The lowest BCUT2D eigenvalue weighted by Gasteiger charge is -2.28. The van der Waals surface area contributed by atoms with Gasteiger partial charge in [-0.25, -0.2) is 0 Å². The van der Waals surface area contributed by atoms with Crippen molar-refractivity contribution in [1.82, 2.24) is 10.3 Å². The van der Waals surface area contributed by atoms with E-state index in [0.717, 1.165) is 16.9 Å². The summed E-state index contributed by atoms with van der Waals surface area (Å²) in [7, 11) is 1.63. The van der Waals surface area contributed by atoms with Crippen molar-refractivity contribution in [3.63, 3.8) is 0 Å². The largest absolute Gasteiger partial charge is 0.497 e. The SMILES string of the molecule is CCOC(C)(C)C(=O)NC(c1ccncc1)c1ccc(OC)cc1. The predicted octanol–water partition coefficient (Wildman–Crippen LogP) is 3.11. The molecule has 0 saturated heterocycles. The zero-order chi connectivity index (χ0) is 17.6. The van der Waals surface area contributed by atoms with Crippen LogP contribution in [0.4, 0.5) is 0 Å². The maximum atomic E-state index is 12.7. The van der Waals surface area contributed by atoms with Gasteiger partial charge in [0.05, 0.1) is 13.2 Å². The van der Waals surface area contributed by atoms with Crippen molar-refractivity contribution in [1.29, 1.82) is 0 Å². The van der Waals surface area contributed by atoms with E-state index in [2.05, 4.69) is 10.3 Å². The number of aromatic nitrogens is 1. The second-order valence-electron chi connectivity index (χ2n) is 5.90. The number of carbonyl (C=O) groups is 1. The normalized spacial score (nSPS) is 12.5. The molecule has 1 amide bonds. The first kappa shape index (κ1) is 17.9. The maximum absolute atomic E-state index is 12.7. The Balaban J connectivity index is 2.31. The summed E-state index contributed by atoms with van der Waals surface area (Å²) >= 11 is 0. The Morgan fingerprint density at radius 3 is 2.25 bits per heavy atom. The monoisotopic (exact) mass is 328 g/mol. The van der Waals surface area contributed by atoms with Gasteiger partial charge in [-0.05, 0) is 56.2 Å². The van der Waals surface area contributed by atoms with Crippen molar-refractivity contribution in [2.75, 3.05) is 13.7 Å². The third-order valence-electron chi connectivity index (χ3n) is 3.82. The van der Waals surface area contributed by atoms with E-state index in [1.165, 1.54) is 0 Å². The highest BCUT2D eigenvalue weighted by Gasteiger charge is 2.30. The summed E-state index contributed by atoms with van der Waals surface area (Å²) in [6.07, 6.45) is 3.43. The first-order chi connectivity index (χ1) is 11.5. The minimum Gasteiger partial charge on any atom is -0.497 e. The van der Waals surface area contributed by atoms with Crippen LogP contribution >= 0.6 is 0 Å². The highest BCUT2D eigenvalue weighted by atomic mass is 16.5. The average Bonchev–Trinajstić information content (AvgIpc) is 2.60. The Morgan fingerprint density at radius 1 is 1.12 bits per heavy atom. The summed E-state index contributed by atoms with van der Waals surface area (Å²) < 4.78 is 10.8. The Morgan fingerprint density at radius 2 is 1.71 bits per heavy atom. The molecule has 1 atom stereocenters. The van der Waals surface area contributed by atoms with Crippen LogP contribution in [0.25, 0.3) is 0 Å². The lowest BCUT2D eigenvalue weighted by atomic mass is 9.98. The van der Waals surface area contributed by atoms with Crippen molar-refractivity contribution in [2.24, 2.45) is 0 Å². The molecular weight excluding hydrogens is 304 g/mol. The smallest absolute Gasteiger partial charge is 0.252 e. The molecule has 0 radical (unpaired) electrons. The molecule has 1 aromatic carbocycles. The van der Waals surface area contributed by atoms with E-state index in [9.17, 15) is 4.79 Å². The lowest BCUT2D eigenvalue weighted by Crippen LogP contribution is -2.45. The minimum absolute atomic E-state index is 0.165. The summed E-state index contributed by atoms with van der Waals surface area (Å²) in [5, 5.41) is 3.08. The Labute approximate surface area is 143 Å². The molecule has 0 aliphatic heterocycles. The molecule has 5 nitrogen and oxygen atoms in total.